The number of rotatable bonds is 22. The van der Waals surface area contributed by atoms with Gasteiger partial charge in [-0.3, -0.25) is 52.7 Å². The van der Waals surface area contributed by atoms with E-state index in [1.54, 1.807) is 0 Å². The zero-order valence-electron chi connectivity index (χ0n) is 24.8. The Hall–Kier alpha value is -5.91. The van der Waals surface area contributed by atoms with E-state index >= 15 is 0 Å². The van der Waals surface area contributed by atoms with Gasteiger partial charge < -0.3 is 69.1 Å². The molecule has 0 unspecified atom stereocenters. The molecule has 24 heteroatoms. The largest absolute Gasteiger partial charge is 0.480 e. The summed E-state index contributed by atoms with van der Waals surface area (Å²) in [5.41, 5.74) is 5.06. The quantitative estimate of drug-likeness (QED) is 0.0507. The summed E-state index contributed by atoms with van der Waals surface area (Å²) >= 11 is 0. The number of aliphatic hydroxyl groups excluding tert-OH is 1. The average Bonchev–Trinajstić information content (AvgIpc) is 3.04. The van der Waals surface area contributed by atoms with Crippen LogP contribution in [0.4, 0.5) is 0 Å². The molecular weight excluding hydrogens is 638 g/mol. The van der Waals surface area contributed by atoms with Gasteiger partial charge in [-0.05, 0) is 0 Å². The predicted octanol–water partition coefficient (Wildman–Crippen LogP) is -10.4. The summed E-state index contributed by atoms with van der Waals surface area (Å²) in [6, 6.07) is -1.53. The topological polar surface area (TPSA) is 375 Å². The first kappa shape index (κ1) is 41.1. The van der Waals surface area contributed by atoms with E-state index in [0.29, 0.717) is 0 Å². The third-order valence-corrected chi connectivity index (χ3v) is 5.00. The molecule has 0 aliphatic rings. The number of carboxylic acid groups (broad SMARTS) is 1. The maximum Gasteiger partial charge on any atom is 0.322 e. The summed E-state index contributed by atoms with van der Waals surface area (Å²) < 4.78 is 0. The highest BCUT2D eigenvalue weighted by Gasteiger charge is 2.21. The van der Waals surface area contributed by atoms with Gasteiger partial charge in [0.1, 0.15) is 12.6 Å². The molecule has 24 nitrogen and oxygen atoms in total. The number of carboxylic acids is 1. The minimum absolute atomic E-state index is 0.322. The standard InChI is InChI=1S/C23H37N11O13/c24-1-13(36)25-2-14(37)26-3-15(38)28-6-18(41)31-9-21(44)34-12(11-35)23(47)33-8-20(43)30-5-17(40)27-4-16(39)29-7-19(42)32-10-22(45)46/h12,35H,1-11,24H2,(H,25,36)(H,26,37)(H,27,40)(H,28,38)(H,29,39)(H,30,43)(H,31,41)(H,32,42)(H,33,47)(H,34,44)(H,45,46)/t12-/m0/s1. The van der Waals surface area contributed by atoms with Crippen molar-refractivity contribution in [2.75, 3.05) is 72.1 Å². The number of hydrogen-bond donors (Lipinski definition) is 13. The fourth-order valence-electron chi connectivity index (χ4n) is 2.67. The first-order valence-corrected chi connectivity index (χ1v) is 13.4. The molecule has 1 atom stereocenters. The molecule has 262 valence electrons. The van der Waals surface area contributed by atoms with Gasteiger partial charge >= 0.3 is 5.97 Å². The Labute approximate surface area is 265 Å². The third-order valence-electron chi connectivity index (χ3n) is 5.00. The van der Waals surface area contributed by atoms with Crippen LogP contribution in [0, 0.1) is 0 Å². The second kappa shape index (κ2) is 23.5. The van der Waals surface area contributed by atoms with E-state index in [-0.39, 0.29) is 6.54 Å². The molecule has 0 fully saturated rings. The van der Waals surface area contributed by atoms with Gasteiger partial charge in [0.25, 0.3) is 0 Å². The zero-order valence-corrected chi connectivity index (χ0v) is 24.8. The Kier molecular flexibility index (Phi) is 20.5. The summed E-state index contributed by atoms with van der Waals surface area (Å²) in [5, 5.41) is 39.1. The molecule has 0 aliphatic heterocycles. The second-order valence-corrected chi connectivity index (χ2v) is 8.83. The summed E-state index contributed by atoms with van der Waals surface area (Å²) in [4.78, 5) is 127. The summed E-state index contributed by atoms with van der Waals surface area (Å²) in [6.45, 7) is -6.40. The molecule has 0 saturated carbocycles. The highest BCUT2D eigenvalue weighted by atomic mass is 16.4. The smallest absolute Gasteiger partial charge is 0.322 e. The second-order valence-electron chi connectivity index (χ2n) is 8.83. The number of carbonyl (C=O) groups excluding carboxylic acids is 10. The maximum absolute atomic E-state index is 12.2. The van der Waals surface area contributed by atoms with Gasteiger partial charge in [0.05, 0.1) is 65.5 Å². The van der Waals surface area contributed by atoms with Crippen molar-refractivity contribution >= 4 is 65.0 Å². The van der Waals surface area contributed by atoms with Crippen LogP contribution in [0.1, 0.15) is 0 Å². The summed E-state index contributed by atoms with van der Waals surface area (Å²) in [5.74, 6) is -9.25. The first-order chi connectivity index (χ1) is 22.2. The molecule has 0 rings (SSSR count). The van der Waals surface area contributed by atoms with Crippen molar-refractivity contribution in [1.29, 1.82) is 0 Å². The van der Waals surface area contributed by atoms with Crippen molar-refractivity contribution in [3.63, 3.8) is 0 Å². The lowest BCUT2D eigenvalue weighted by Gasteiger charge is -2.16. The number of nitrogens with one attached hydrogen (secondary N) is 10. The molecule has 14 N–H and O–H groups in total. The monoisotopic (exact) mass is 675 g/mol. The van der Waals surface area contributed by atoms with Crippen LogP contribution in [0.5, 0.6) is 0 Å². The molecule has 0 aromatic rings. The molecule has 0 aromatic carbocycles. The molecule has 0 saturated heterocycles. The van der Waals surface area contributed by atoms with E-state index in [9.17, 15) is 57.8 Å². The number of carbonyl (C=O) groups is 11. The van der Waals surface area contributed by atoms with Crippen LogP contribution >= 0.6 is 0 Å². The third kappa shape index (κ3) is 22.3. The summed E-state index contributed by atoms with van der Waals surface area (Å²) in [7, 11) is 0. The Morgan fingerprint density at radius 2 is 0.702 bits per heavy atom. The van der Waals surface area contributed by atoms with Crippen LogP contribution < -0.4 is 58.9 Å². The van der Waals surface area contributed by atoms with Crippen molar-refractivity contribution in [2.45, 2.75) is 6.04 Å². The van der Waals surface area contributed by atoms with Gasteiger partial charge in [-0.1, -0.05) is 0 Å². The Bertz CT molecular complexity index is 1200. The van der Waals surface area contributed by atoms with Crippen LogP contribution in [-0.2, 0) is 52.7 Å². The Morgan fingerprint density at radius 1 is 0.426 bits per heavy atom. The zero-order chi connectivity index (χ0) is 35.8. The SMILES string of the molecule is NCC(=O)NCC(=O)NCC(=O)NCC(=O)NCC(=O)N[C@@H](CO)C(=O)NCC(=O)NCC(=O)NCC(=O)NCC(=O)NCC(=O)O. The van der Waals surface area contributed by atoms with Crippen LogP contribution in [0.3, 0.4) is 0 Å². The normalized spacial score (nSPS) is 10.5. The number of aliphatic carboxylic acids is 1. The van der Waals surface area contributed by atoms with Gasteiger partial charge in [0, 0.05) is 0 Å². The van der Waals surface area contributed by atoms with Crippen LogP contribution in [0.25, 0.3) is 0 Å². The predicted molar refractivity (Wildman–Crippen MR) is 153 cm³/mol. The number of aliphatic hydroxyl groups is 1. The van der Waals surface area contributed by atoms with Crippen molar-refractivity contribution in [3.8, 4) is 0 Å². The van der Waals surface area contributed by atoms with E-state index in [1.807, 2.05) is 5.32 Å². The first-order valence-electron chi connectivity index (χ1n) is 13.4. The number of nitrogens with two attached hydrogens (primary N) is 1. The van der Waals surface area contributed by atoms with E-state index < -0.39 is 137 Å². The van der Waals surface area contributed by atoms with Crippen molar-refractivity contribution in [1.82, 2.24) is 53.2 Å². The van der Waals surface area contributed by atoms with E-state index in [4.69, 9.17) is 10.8 Å². The van der Waals surface area contributed by atoms with E-state index in [0.717, 1.165) is 0 Å². The molecule has 10 amide bonds. The lowest BCUT2D eigenvalue weighted by atomic mass is 10.3. The fraction of sp³-hybridized carbons (Fsp3) is 0.522. The fourth-order valence-corrected chi connectivity index (χ4v) is 2.67. The van der Waals surface area contributed by atoms with Crippen LogP contribution in [0.15, 0.2) is 0 Å². The van der Waals surface area contributed by atoms with Gasteiger partial charge in [-0.15, -0.1) is 0 Å². The lowest BCUT2D eigenvalue weighted by molar-refractivity contribution is -0.138. The van der Waals surface area contributed by atoms with Crippen LogP contribution in [0.2, 0.25) is 0 Å². The van der Waals surface area contributed by atoms with Gasteiger partial charge in [-0.25, -0.2) is 0 Å². The number of hydrogen-bond acceptors (Lipinski definition) is 13. The average molecular weight is 676 g/mol. The molecule has 47 heavy (non-hydrogen) atoms. The highest BCUT2D eigenvalue weighted by molar-refractivity contribution is 5.94. The Balaban J connectivity index is 4.23. The highest BCUT2D eigenvalue weighted by Crippen LogP contribution is 1.84. The molecular formula is C23H37N11O13. The lowest BCUT2D eigenvalue weighted by Crippen LogP contribution is -2.53. The van der Waals surface area contributed by atoms with Crippen LogP contribution in [-0.4, -0.2) is 153 Å². The summed E-state index contributed by atoms with van der Waals surface area (Å²) in [6.07, 6.45) is 0. The van der Waals surface area contributed by atoms with Gasteiger partial charge in [0.15, 0.2) is 0 Å². The van der Waals surface area contributed by atoms with E-state index in [1.165, 1.54) is 0 Å². The molecule has 0 aromatic heterocycles. The van der Waals surface area contributed by atoms with Gasteiger partial charge in [0.2, 0.25) is 59.1 Å². The molecule has 0 heterocycles. The van der Waals surface area contributed by atoms with Crippen molar-refractivity contribution < 1.29 is 63.0 Å². The van der Waals surface area contributed by atoms with Crippen molar-refractivity contribution in [2.24, 2.45) is 5.73 Å². The minimum atomic E-state index is -1.53. The van der Waals surface area contributed by atoms with Gasteiger partial charge in [-0.2, -0.15) is 0 Å². The van der Waals surface area contributed by atoms with E-state index in [2.05, 4.69) is 47.9 Å². The molecule has 0 bridgehead atoms. The molecule has 0 aliphatic carbocycles. The number of amides is 10. The van der Waals surface area contributed by atoms with Crippen molar-refractivity contribution in [3.05, 3.63) is 0 Å². The minimum Gasteiger partial charge on any atom is -0.480 e. The molecule has 0 spiro atoms. The Morgan fingerprint density at radius 3 is 1.00 bits per heavy atom. The maximum atomic E-state index is 12.2. The molecule has 0 radical (unpaired) electrons.